The van der Waals surface area contributed by atoms with Crippen molar-refractivity contribution in [1.29, 1.82) is 0 Å². The Hall–Kier alpha value is -1.96. The number of aliphatic hydroxyl groups excluding tert-OH is 10. The van der Waals surface area contributed by atoms with Crippen molar-refractivity contribution in [2.45, 2.75) is 298 Å². The second-order valence-electron chi connectivity index (χ2n) is 22.4. The zero-order valence-corrected chi connectivity index (χ0v) is 47.1. The third-order valence-electron chi connectivity index (χ3n) is 15.8. The van der Waals surface area contributed by atoms with Crippen LogP contribution in [0.15, 0.2) is 12.2 Å². The number of allylic oxidation sites excluding steroid dienone is 2. The minimum absolute atomic E-state index is 0.109. The fourth-order valence-corrected chi connectivity index (χ4v) is 10.6. The van der Waals surface area contributed by atoms with E-state index in [4.69, 9.17) is 37.9 Å². The molecule has 0 aromatic rings. The van der Waals surface area contributed by atoms with E-state index in [9.17, 15) is 60.7 Å². The van der Waals surface area contributed by atoms with Crippen molar-refractivity contribution >= 4 is 11.9 Å². The molecule has 0 amide bonds. The van der Waals surface area contributed by atoms with E-state index < -0.39 is 137 Å². The molecule has 2 unspecified atom stereocenters. The van der Waals surface area contributed by atoms with Crippen LogP contribution in [0.1, 0.15) is 200 Å². The number of ether oxygens (including phenoxy) is 8. The van der Waals surface area contributed by atoms with Gasteiger partial charge in [-0.1, -0.05) is 154 Å². The summed E-state index contributed by atoms with van der Waals surface area (Å²) in [6.45, 7) is 1.42. The summed E-state index contributed by atoms with van der Waals surface area (Å²) in [5.74, 6) is 0.717. The summed E-state index contributed by atoms with van der Waals surface area (Å²) in [6, 6.07) is 0. The zero-order valence-electron chi connectivity index (χ0n) is 47.1. The van der Waals surface area contributed by atoms with E-state index in [1.165, 1.54) is 103 Å². The van der Waals surface area contributed by atoms with Gasteiger partial charge in [-0.15, -0.1) is 0 Å². The Kier molecular flexibility index (Phi) is 34.7. The van der Waals surface area contributed by atoms with Crippen molar-refractivity contribution in [3.8, 4) is 0 Å². The third kappa shape index (κ3) is 24.9. The van der Waals surface area contributed by atoms with Crippen LogP contribution in [0.4, 0.5) is 0 Å². The minimum Gasteiger partial charge on any atom is -0.462 e. The summed E-state index contributed by atoms with van der Waals surface area (Å²) in [5.41, 5.74) is 0. The van der Waals surface area contributed by atoms with Crippen molar-refractivity contribution in [3.63, 3.8) is 0 Å². The van der Waals surface area contributed by atoms with Crippen LogP contribution in [0.3, 0.4) is 0 Å². The van der Waals surface area contributed by atoms with E-state index in [1.54, 1.807) is 0 Å². The Balaban J connectivity index is 1.29. The molecule has 78 heavy (non-hydrogen) atoms. The molecule has 0 aromatic heterocycles. The summed E-state index contributed by atoms with van der Waals surface area (Å²) in [7, 11) is 0. The first-order valence-electron chi connectivity index (χ1n) is 30.3. The normalized spacial score (nSPS) is 32.6. The van der Waals surface area contributed by atoms with Gasteiger partial charge in [-0.05, 0) is 56.8 Å². The summed E-state index contributed by atoms with van der Waals surface area (Å²) in [6.07, 6.45) is 8.91. The molecule has 20 nitrogen and oxygen atoms in total. The lowest BCUT2D eigenvalue weighted by molar-refractivity contribution is -0.373. The van der Waals surface area contributed by atoms with Crippen LogP contribution < -0.4 is 0 Å². The first-order chi connectivity index (χ1) is 37.7. The monoisotopic (exact) mass is 1120 g/mol. The maximum atomic E-state index is 13.3. The molecule has 1 saturated carbocycles. The molecule has 3 heterocycles. The highest BCUT2D eigenvalue weighted by atomic mass is 16.8. The van der Waals surface area contributed by atoms with Gasteiger partial charge in [-0.2, -0.15) is 0 Å². The van der Waals surface area contributed by atoms with Crippen molar-refractivity contribution in [2.75, 3.05) is 33.0 Å². The van der Waals surface area contributed by atoms with E-state index >= 15 is 0 Å². The third-order valence-corrected chi connectivity index (χ3v) is 15.8. The van der Waals surface area contributed by atoms with Gasteiger partial charge in [0.05, 0.1) is 26.4 Å². The molecular weight excluding hydrogens is 1020 g/mol. The molecule has 1 aliphatic carbocycles. The predicted octanol–water partition coefficient (Wildman–Crippen LogP) is 5.06. The van der Waals surface area contributed by atoms with Crippen LogP contribution in [0.5, 0.6) is 0 Å². The molecule has 456 valence electrons. The number of esters is 2. The average molecular weight is 1120 g/mol. The van der Waals surface area contributed by atoms with E-state index in [-0.39, 0.29) is 19.4 Å². The van der Waals surface area contributed by atoms with Gasteiger partial charge in [-0.25, -0.2) is 0 Å². The maximum Gasteiger partial charge on any atom is 0.306 e. The number of hydrogen-bond donors (Lipinski definition) is 10. The molecule has 18 atom stereocenters. The molecule has 20 heteroatoms. The lowest BCUT2D eigenvalue weighted by atomic mass is 9.97. The van der Waals surface area contributed by atoms with Gasteiger partial charge in [0.15, 0.2) is 25.0 Å². The summed E-state index contributed by atoms with van der Waals surface area (Å²) in [4.78, 5) is 26.3. The molecule has 0 bridgehead atoms. The van der Waals surface area contributed by atoms with Gasteiger partial charge in [0.1, 0.15) is 79.9 Å². The van der Waals surface area contributed by atoms with E-state index in [0.717, 1.165) is 69.6 Å². The number of rotatable bonds is 43. The lowest BCUT2D eigenvalue weighted by Crippen LogP contribution is -2.65. The topological polar surface area (TPSA) is 310 Å². The largest absolute Gasteiger partial charge is 0.462 e. The Bertz CT molecular complexity index is 1590. The fourth-order valence-electron chi connectivity index (χ4n) is 10.6. The highest BCUT2D eigenvalue weighted by Crippen LogP contribution is 2.46. The number of unbranched alkanes of at least 4 members (excludes halogenated alkanes) is 20. The minimum atomic E-state index is -1.98. The lowest BCUT2D eigenvalue weighted by Gasteiger charge is -2.46. The number of hydrogen-bond acceptors (Lipinski definition) is 20. The SMILES string of the molecule is CCCCCCCC/C=C\CCCCCCCC(=O)OC[C@H](CO[C@H]1O[C@H](CO)[C@@H](O)[C@H](O)[C@H]1O[C@H]1O[C@H](CO[C@@H]2O[C@H](CO)[C@@H](O)[C@H](O)[C@H]2O)[C@H](O)[C@H](O)[C@H]1O)OC(=O)CCCCCCCC1CC1CCCCCCCC. The van der Waals surface area contributed by atoms with Crippen LogP contribution in [0, 0.1) is 11.8 Å². The quantitative estimate of drug-likeness (QED) is 0.0217. The molecule has 0 radical (unpaired) electrons. The van der Waals surface area contributed by atoms with Crippen molar-refractivity contribution in [2.24, 2.45) is 11.8 Å². The molecule has 10 N–H and O–H groups in total. The predicted molar refractivity (Wildman–Crippen MR) is 287 cm³/mol. The molecule has 4 fully saturated rings. The molecule has 3 saturated heterocycles. The molecule has 4 rings (SSSR count). The number of aliphatic hydroxyl groups is 10. The second kappa shape index (κ2) is 39.5. The molecule has 0 aromatic carbocycles. The zero-order chi connectivity index (χ0) is 56.7. The van der Waals surface area contributed by atoms with Gasteiger partial charge < -0.3 is 89.0 Å². The second-order valence-corrected chi connectivity index (χ2v) is 22.4. The van der Waals surface area contributed by atoms with Gasteiger partial charge in [0.2, 0.25) is 0 Å². The van der Waals surface area contributed by atoms with Crippen LogP contribution in [0.25, 0.3) is 0 Å². The Morgan fingerprint density at radius 2 is 0.923 bits per heavy atom. The van der Waals surface area contributed by atoms with E-state index in [2.05, 4.69) is 26.0 Å². The van der Waals surface area contributed by atoms with Crippen LogP contribution in [-0.2, 0) is 47.5 Å². The number of carbonyl (C=O) groups is 2. The molecule has 4 aliphatic rings. The highest BCUT2D eigenvalue weighted by Gasteiger charge is 2.52. The Morgan fingerprint density at radius 1 is 0.474 bits per heavy atom. The highest BCUT2D eigenvalue weighted by molar-refractivity contribution is 5.70. The van der Waals surface area contributed by atoms with Gasteiger partial charge in [0, 0.05) is 12.8 Å². The number of carbonyl (C=O) groups excluding carboxylic acids is 2. The van der Waals surface area contributed by atoms with Gasteiger partial charge in [-0.3, -0.25) is 9.59 Å². The first kappa shape index (κ1) is 68.5. The fraction of sp³-hybridized carbons (Fsp3) is 0.931. The van der Waals surface area contributed by atoms with Crippen LogP contribution in [0.2, 0.25) is 0 Å². The Morgan fingerprint density at radius 3 is 1.47 bits per heavy atom. The molecule has 0 spiro atoms. The van der Waals surface area contributed by atoms with E-state index in [1.807, 2.05) is 0 Å². The molecule has 3 aliphatic heterocycles. The van der Waals surface area contributed by atoms with Crippen molar-refractivity contribution < 1.29 is 98.5 Å². The van der Waals surface area contributed by atoms with Crippen molar-refractivity contribution in [1.82, 2.24) is 0 Å². The average Bonchev–Trinajstić information content (AvgIpc) is 4.27. The maximum absolute atomic E-state index is 13.3. The Labute approximate surface area is 464 Å². The summed E-state index contributed by atoms with van der Waals surface area (Å²) in [5, 5.41) is 105. The molecular formula is C58H104O20. The summed E-state index contributed by atoms with van der Waals surface area (Å²) >= 11 is 0. The van der Waals surface area contributed by atoms with Crippen molar-refractivity contribution in [3.05, 3.63) is 12.2 Å². The van der Waals surface area contributed by atoms with Gasteiger partial charge in [0.25, 0.3) is 0 Å². The van der Waals surface area contributed by atoms with E-state index in [0.29, 0.717) is 12.8 Å². The standard InChI is InChI=1S/C58H104O20/c1-3-5-7-9-11-12-13-14-15-16-17-18-19-23-27-31-45(61)71-36-41(74-46(62)32-28-24-20-22-26-30-40-33-39(40)29-25-21-10-8-6-4-2)37-72-58-55(52(68)48(64)43(35-60)76-58)78-57-54(70)51(67)49(65)44(77-57)38-73-56-53(69)50(66)47(63)42(34-59)75-56/h14-15,39-44,47-60,63-70H,3-13,16-38H2,1-2H3/b15-14-/t39?,40?,41-,42-,43-,44-,47-,48-,49+,50+,51+,52+,53-,54-,55-,56-,57-,58+/m1/s1. The van der Waals surface area contributed by atoms with Crippen LogP contribution >= 0.6 is 0 Å². The van der Waals surface area contributed by atoms with Gasteiger partial charge >= 0.3 is 11.9 Å². The first-order valence-corrected chi connectivity index (χ1v) is 30.3. The smallest absolute Gasteiger partial charge is 0.306 e. The van der Waals surface area contributed by atoms with Crippen LogP contribution in [-0.4, -0.2) is 194 Å². The summed E-state index contributed by atoms with van der Waals surface area (Å²) < 4.78 is 45.8.